The SMILES string of the molecule is CC[C@@H](C(=O)N1[C@@H](C(C)C)COC1(C)C)[C@@H](CC)C(=O)N1[C@@H](C(C)C)COC1(C)C. The molecule has 0 saturated carbocycles. The molecular weight excluding hydrogens is 380 g/mol. The van der Waals surface area contributed by atoms with E-state index in [0.717, 1.165) is 0 Å². The summed E-state index contributed by atoms with van der Waals surface area (Å²) in [6.07, 6.45) is 1.25. The topological polar surface area (TPSA) is 59.1 Å². The second kappa shape index (κ2) is 9.15. The molecule has 4 atom stereocenters. The minimum atomic E-state index is -0.655. The Labute approximate surface area is 183 Å². The molecule has 0 aromatic carbocycles. The first-order valence-electron chi connectivity index (χ1n) is 11.7. The number of carbonyl (C=O) groups is 2. The zero-order valence-corrected chi connectivity index (χ0v) is 20.8. The second-order valence-electron chi connectivity index (χ2n) is 10.6. The first-order chi connectivity index (χ1) is 13.8. The van der Waals surface area contributed by atoms with Crippen molar-refractivity contribution in [2.24, 2.45) is 23.7 Å². The smallest absolute Gasteiger partial charge is 0.229 e. The van der Waals surface area contributed by atoms with Crippen LogP contribution in [0.1, 0.15) is 82.1 Å². The van der Waals surface area contributed by atoms with E-state index in [-0.39, 0.29) is 35.7 Å². The Kier molecular flexibility index (Phi) is 7.67. The molecule has 2 fully saturated rings. The number of carbonyl (C=O) groups excluding carboxylic acids is 2. The van der Waals surface area contributed by atoms with E-state index in [1.165, 1.54) is 0 Å². The van der Waals surface area contributed by atoms with Crippen LogP contribution in [-0.2, 0) is 19.1 Å². The molecule has 0 bridgehead atoms. The van der Waals surface area contributed by atoms with Gasteiger partial charge in [0.05, 0.1) is 25.3 Å². The normalized spacial score (nSPS) is 27.7. The molecule has 0 spiro atoms. The fourth-order valence-corrected chi connectivity index (χ4v) is 5.12. The maximum atomic E-state index is 13.8. The van der Waals surface area contributed by atoms with E-state index in [1.807, 2.05) is 51.3 Å². The Morgan fingerprint density at radius 1 is 0.767 bits per heavy atom. The van der Waals surface area contributed by atoms with Crippen LogP contribution >= 0.6 is 0 Å². The maximum absolute atomic E-state index is 13.8. The highest BCUT2D eigenvalue weighted by Crippen LogP contribution is 2.38. The molecule has 2 amide bonds. The predicted octanol–water partition coefficient (Wildman–Crippen LogP) is 4.28. The third-order valence-electron chi connectivity index (χ3n) is 7.05. The van der Waals surface area contributed by atoms with E-state index in [9.17, 15) is 9.59 Å². The molecular formula is C24H44N2O4. The average molecular weight is 425 g/mol. The van der Waals surface area contributed by atoms with Crippen molar-refractivity contribution >= 4 is 11.8 Å². The molecule has 2 aliphatic rings. The zero-order valence-electron chi connectivity index (χ0n) is 20.8. The Morgan fingerprint density at radius 3 is 1.30 bits per heavy atom. The summed E-state index contributed by atoms with van der Waals surface area (Å²) in [6, 6.07) is 0.0632. The monoisotopic (exact) mass is 424 g/mol. The molecule has 0 N–H and O–H groups in total. The van der Waals surface area contributed by atoms with Gasteiger partial charge in [-0.3, -0.25) is 9.59 Å². The number of nitrogens with zero attached hydrogens (tertiary/aromatic N) is 2. The first kappa shape index (κ1) is 25.1. The lowest BCUT2D eigenvalue weighted by Crippen LogP contribution is -2.56. The van der Waals surface area contributed by atoms with Crippen molar-refractivity contribution in [3.8, 4) is 0 Å². The highest BCUT2D eigenvalue weighted by molar-refractivity contribution is 5.89. The fraction of sp³-hybridized carbons (Fsp3) is 0.917. The van der Waals surface area contributed by atoms with Gasteiger partial charge in [0.2, 0.25) is 11.8 Å². The Hall–Kier alpha value is -1.14. The number of amides is 2. The summed E-state index contributed by atoms with van der Waals surface area (Å²) in [4.78, 5) is 31.5. The van der Waals surface area contributed by atoms with Crippen LogP contribution in [0.2, 0.25) is 0 Å². The molecule has 0 aromatic rings. The van der Waals surface area contributed by atoms with Gasteiger partial charge in [-0.2, -0.15) is 0 Å². The average Bonchev–Trinajstić information content (AvgIpc) is 3.13. The Bertz CT molecular complexity index is 575. The summed E-state index contributed by atoms with van der Waals surface area (Å²) in [5, 5.41) is 0. The van der Waals surface area contributed by atoms with Crippen molar-refractivity contribution < 1.29 is 19.1 Å². The van der Waals surface area contributed by atoms with Crippen LogP contribution in [0.3, 0.4) is 0 Å². The maximum Gasteiger partial charge on any atom is 0.229 e. The number of hydrogen-bond donors (Lipinski definition) is 0. The molecule has 2 aliphatic heterocycles. The Morgan fingerprint density at radius 2 is 1.07 bits per heavy atom. The van der Waals surface area contributed by atoms with Gasteiger partial charge in [-0.1, -0.05) is 41.5 Å². The van der Waals surface area contributed by atoms with Gasteiger partial charge in [0.25, 0.3) is 0 Å². The van der Waals surface area contributed by atoms with Crippen LogP contribution in [0.15, 0.2) is 0 Å². The summed E-state index contributed by atoms with van der Waals surface area (Å²) in [6.45, 7) is 21.4. The summed E-state index contributed by atoms with van der Waals surface area (Å²) >= 11 is 0. The summed E-state index contributed by atoms with van der Waals surface area (Å²) < 4.78 is 12.0. The summed E-state index contributed by atoms with van der Waals surface area (Å²) in [5.74, 6) is -0.0702. The molecule has 6 nitrogen and oxygen atoms in total. The van der Waals surface area contributed by atoms with Gasteiger partial charge in [0, 0.05) is 11.8 Å². The molecule has 30 heavy (non-hydrogen) atoms. The molecule has 0 aliphatic carbocycles. The van der Waals surface area contributed by atoms with Gasteiger partial charge >= 0.3 is 0 Å². The third kappa shape index (κ3) is 4.55. The number of hydrogen-bond acceptors (Lipinski definition) is 4. The molecule has 2 heterocycles. The highest BCUT2D eigenvalue weighted by atomic mass is 16.5. The van der Waals surface area contributed by atoms with Crippen molar-refractivity contribution in [1.29, 1.82) is 0 Å². The standard InChI is InChI=1S/C24H44N2O4/c1-11-17(21(27)25-19(15(3)4)13-29-23(25,7)8)18(12-2)22(28)26-20(16(5)6)14-30-24(26,9)10/h15-20H,11-14H2,1-10H3/t17-,18-,19-,20-/m1/s1. The molecule has 2 rings (SSSR count). The van der Waals surface area contributed by atoms with Crippen LogP contribution in [-0.4, -0.2) is 58.4 Å². The first-order valence-corrected chi connectivity index (χ1v) is 11.7. The van der Waals surface area contributed by atoms with Gasteiger partial charge in [0.1, 0.15) is 11.4 Å². The lowest BCUT2D eigenvalue weighted by molar-refractivity contribution is -0.163. The number of ether oxygens (including phenoxy) is 2. The predicted molar refractivity (Wildman–Crippen MR) is 119 cm³/mol. The fourth-order valence-electron chi connectivity index (χ4n) is 5.12. The summed E-state index contributed by atoms with van der Waals surface area (Å²) in [7, 11) is 0. The lowest BCUT2D eigenvalue weighted by atomic mass is 9.83. The van der Waals surface area contributed by atoms with Crippen LogP contribution in [0, 0.1) is 23.7 Å². The van der Waals surface area contributed by atoms with Crippen molar-refractivity contribution in [2.75, 3.05) is 13.2 Å². The van der Waals surface area contributed by atoms with Gasteiger partial charge in [-0.25, -0.2) is 0 Å². The second-order valence-corrected chi connectivity index (χ2v) is 10.6. The zero-order chi connectivity index (χ0) is 23.0. The van der Waals surface area contributed by atoms with E-state index < -0.39 is 11.4 Å². The van der Waals surface area contributed by atoms with Crippen LogP contribution in [0.4, 0.5) is 0 Å². The van der Waals surface area contributed by atoms with E-state index in [0.29, 0.717) is 37.9 Å². The quantitative estimate of drug-likeness (QED) is 0.612. The molecule has 0 aromatic heterocycles. The van der Waals surface area contributed by atoms with Gasteiger partial charge < -0.3 is 19.3 Å². The van der Waals surface area contributed by atoms with Crippen molar-refractivity contribution in [1.82, 2.24) is 9.80 Å². The van der Waals surface area contributed by atoms with Crippen molar-refractivity contribution in [3.63, 3.8) is 0 Å². The highest BCUT2D eigenvalue weighted by Gasteiger charge is 2.51. The van der Waals surface area contributed by atoms with Crippen LogP contribution in [0.5, 0.6) is 0 Å². The number of rotatable bonds is 7. The summed E-state index contributed by atoms with van der Waals surface area (Å²) in [5.41, 5.74) is -1.31. The third-order valence-corrected chi connectivity index (χ3v) is 7.05. The van der Waals surface area contributed by atoms with Gasteiger partial charge in [-0.05, 0) is 52.4 Å². The van der Waals surface area contributed by atoms with Crippen LogP contribution in [0.25, 0.3) is 0 Å². The Balaban J connectivity index is 2.37. The molecule has 6 heteroatoms. The molecule has 174 valence electrons. The van der Waals surface area contributed by atoms with E-state index in [1.54, 1.807) is 0 Å². The molecule has 0 radical (unpaired) electrons. The van der Waals surface area contributed by atoms with Gasteiger partial charge in [-0.15, -0.1) is 0 Å². The minimum Gasteiger partial charge on any atom is -0.354 e. The molecule has 0 unspecified atom stereocenters. The van der Waals surface area contributed by atoms with Crippen molar-refractivity contribution in [3.05, 3.63) is 0 Å². The largest absolute Gasteiger partial charge is 0.354 e. The minimum absolute atomic E-state index is 0.0316. The lowest BCUT2D eigenvalue weighted by Gasteiger charge is -2.42. The van der Waals surface area contributed by atoms with E-state index in [2.05, 4.69) is 27.7 Å². The van der Waals surface area contributed by atoms with Crippen molar-refractivity contribution in [2.45, 2.75) is 106 Å². The molecule has 2 saturated heterocycles. The van der Waals surface area contributed by atoms with E-state index >= 15 is 0 Å². The van der Waals surface area contributed by atoms with Gasteiger partial charge in [0.15, 0.2) is 0 Å². The van der Waals surface area contributed by atoms with Crippen LogP contribution < -0.4 is 0 Å². The van der Waals surface area contributed by atoms with E-state index in [4.69, 9.17) is 9.47 Å².